The number of nitrogens with one attached hydrogen (secondary N) is 4. The summed E-state index contributed by atoms with van der Waals surface area (Å²) in [7, 11) is -4.25. The number of alkyl halides is 3. The monoisotopic (exact) mass is 784 g/mol. The molecule has 0 aliphatic rings. The van der Waals surface area contributed by atoms with Gasteiger partial charge in [0, 0.05) is 46.0 Å². The summed E-state index contributed by atoms with van der Waals surface area (Å²) >= 11 is 13.0. The highest BCUT2D eigenvalue weighted by atomic mass is 35.5. The standard InChI is InChI=1S/C32H36Cl2N6O4S.C2HF3O2/c1-19-17-20(2)39-29-23(19)7-5-8-26(29)44-18-24-25(33)13-14-27(28(24)34)45(42,43)40-32(3,4)31(41)38-16-6-15-37-22-11-9-21(10-12-22)30(35)36;3-2(4,5)1(6)7/h5,7-14,17,37,40H,6,15-16,18H2,1-4H3,(H3,35,36)(H,38,41);(H,6,7). The number of amides is 1. The number of aryl methyl sites for hydroxylation is 2. The summed E-state index contributed by atoms with van der Waals surface area (Å²) in [6.45, 7) is 7.61. The summed E-state index contributed by atoms with van der Waals surface area (Å²) in [6.07, 6.45) is -4.50. The molecule has 0 radical (unpaired) electrons. The van der Waals surface area contributed by atoms with Crippen LogP contribution in [0.25, 0.3) is 10.9 Å². The third-order valence-electron chi connectivity index (χ3n) is 7.31. The predicted molar refractivity (Wildman–Crippen MR) is 194 cm³/mol. The van der Waals surface area contributed by atoms with Gasteiger partial charge in [-0.1, -0.05) is 35.3 Å². The maximum Gasteiger partial charge on any atom is 0.490 e. The van der Waals surface area contributed by atoms with Gasteiger partial charge in [0.1, 0.15) is 34.1 Å². The van der Waals surface area contributed by atoms with Crippen LogP contribution in [0.3, 0.4) is 0 Å². The molecule has 0 aliphatic heterocycles. The SMILES string of the molecule is Cc1cc(C)c2cccc(OCc3c(Cl)ccc(S(=O)(=O)NC(C)(C)C(=O)NCCCNc4ccc(C(=N)N)cc4)c3Cl)c2n1.O=C(O)C(F)(F)F. The van der Waals surface area contributed by atoms with Crippen LogP contribution in [0.15, 0.2) is 65.6 Å². The van der Waals surface area contributed by atoms with Crippen molar-refractivity contribution in [3.63, 3.8) is 0 Å². The number of nitrogens with two attached hydrogens (primary N) is 1. The lowest BCUT2D eigenvalue weighted by Gasteiger charge is -2.25. The molecule has 1 amide bonds. The number of fused-ring (bicyclic) bond motifs is 1. The molecule has 4 rings (SSSR count). The van der Waals surface area contributed by atoms with E-state index in [0.717, 1.165) is 22.3 Å². The van der Waals surface area contributed by atoms with Gasteiger partial charge in [-0.3, -0.25) is 10.2 Å². The molecule has 52 heavy (non-hydrogen) atoms. The van der Waals surface area contributed by atoms with E-state index >= 15 is 0 Å². The van der Waals surface area contributed by atoms with Gasteiger partial charge in [0.15, 0.2) is 0 Å². The van der Waals surface area contributed by atoms with E-state index in [1.54, 1.807) is 18.2 Å². The van der Waals surface area contributed by atoms with Gasteiger partial charge in [-0.15, -0.1) is 0 Å². The number of carboxylic acids is 1. The number of aromatic nitrogens is 1. The van der Waals surface area contributed by atoms with Gasteiger partial charge in [0.05, 0.1) is 5.02 Å². The molecule has 12 nitrogen and oxygen atoms in total. The van der Waals surface area contributed by atoms with Crippen molar-refractivity contribution < 1.29 is 41.0 Å². The van der Waals surface area contributed by atoms with Gasteiger partial charge in [-0.2, -0.15) is 17.9 Å². The van der Waals surface area contributed by atoms with E-state index in [0.29, 0.717) is 36.3 Å². The van der Waals surface area contributed by atoms with Crippen molar-refractivity contribution in [2.45, 2.75) is 57.3 Å². The summed E-state index contributed by atoms with van der Waals surface area (Å²) in [6, 6.07) is 17.4. The van der Waals surface area contributed by atoms with Crippen molar-refractivity contribution in [2.75, 3.05) is 18.4 Å². The highest BCUT2D eigenvalue weighted by Crippen LogP contribution is 2.34. The van der Waals surface area contributed by atoms with Crippen LogP contribution in [0.4, 0.5) is 18.9 Å². The van der Waals surface area contributed by atoms with Crippen molar-refractivity contribution in [1.29, 1.82) is 5.41 Å². The lowest BCUT2D eigenvalue weighted by molar-refractivity contribution is -0.192. The number of sulfonamides is 1. The average molecular weight is 786 g/mol. The van der Waals surface area contributed by atoms with Gasteiger partial charge >= 0.3 is 12.1 Å². The largest absolute Gasteiger partial charge is 0.490 e. The van der Waals surface area contributed by atoms with Crippen molar-refractivity contribution >= 4 is 67.5 Å². The smallest absolute Gasteiger partial charge is 0.487 e. The van der Waals surface area contributed by atoms with E-state index in [9.17, 15) is 26.4 Å². The molecular weight excluding hydrogens is 748 g/mol. The Labute approximate surface area is 308 Å². The lowest BCUT2D eigenvalue weighted by Crippen LogP contribution is -2.54. The number of carboxylic acid groups (broad SMARTS) is 1. The highest BCUT2D eigenvalue weighted by molar-refractivity contribution is 7.89. The van der Waals surface area contributed by atoms with Crippen LogP contribution in [0.2, 0.25) is 10.0 Å². The first-order chi connectivity index (χ1) is 24.1. The van der Waals surface area contributed by atoms with Crippen LogP contribution in [-0.4, -0.2) is 61.0 Å². The number of para-hydroxylation sites is 1. The number of ether oxygens (including phenoxy) is 1. The topological polar surface area (TPSA) is 197 Å². The number of hydrogen-bond donors (Lipinski definition) is 6. The van der Waals surface area contributed by atoms with Crippen LogP contribution in [0, 0.1) is 19.3 Å². The number of carbonyl (C=O) groups excluding carboxylic acids is 1. The van der Waals surface area contributed by atoms with Gasteiger partial charge in [0.25, 0.3) is 0 Å². The minimum absolute atomic E-state index is 0.00457. The number of aliphatic carboxylic acids is 1. The van der Waals surface area contributed by atoms with E-state index in [4.69, 9.17) is 49.0 Å². The van der Waals surface area contributed by atoms with Crippen LogP contribution in [0.5, 0.6) is 5.75 Å². The molecule has 4 aromatic rings. The minimum Gasteiger partial charge on any atom is -0.487 e. The zero-order chi connectivity index (χ0) is 39.0. The van der Waals surface area contributed by atoms with Crippen LogP contribution >= 0.6 is 23.2 Å². The predicted octanol–water partition coefficient (Wildman–Crippen LogP) is 6.33. The molecule has 7 N–H and O–H groups in total. The summed E-state index contributed by atoms with van der Waals surface area (Å²) in [5, 5.41) is 21.6. The zero-order valence-corrected chi connectivity index (χ0v) is 30.7. The maximum absolute atomic E-state index is 13.5. The normalized spacial score (nSPS) is 11.7. The van der Waals surface area contributed by atoms with Crippen molar-refractivity contribution in [3.8, 4) is 5.75 Å². The van der Waals surface area contributed by atoms with E-state index in [1.165, 1.54) is 26.0 Å². The molecule has 0 spiro atoms. The molecule has 1 aromatic heterocycles. The highest BCUT2D eigenvalue weighted by Gasteiger charge is 2.38. The molecule has 1 heterocycles. The Hall–Kier alpha value is -4.64. The second kappa shape index (κ2) is 17.3. The molecule has 280 valence electrons. The van der Waals surface area contributed by atoms with Crippen molar-refractivity contribution in [3.05, 3.63) is 93.1 Å². The van der Waals surface area contributed by atoms with Crippen LogP contribution in [0.1, 0.15) is 42.7 Å². The molecule has 0 aliphatic carbocycles. The number of nitrogens with zero attached hydrogens (tertiary/aromatic N) is 1. The third kappa shape index (κ3) is 11.2. The van der Waals surface area contributed by atoms with Gasteiger partial charge in [-0.05, 0) is 88.2 Å². The van der Waals surface area contributed by atoms with Crippen LogP contribution in [-0.2, 0) is 26.2 Å². The zero-order valence-electron chi connectivity index (χ0n) is 28.4. The van der Waals surface area contributed by atoms with Crippen molar-refractivity contribution in [1.82, 2.24) is 15.0 Å². The number of amidine groups is 1. The average Bonchev–Trinajstić information content (AvgIpc) is 3.04. The Morgan fingerprint density at radius 3 is 2.25 bits per heavy atom. The third-order valence-corrected chi connectivity index (χ3v) is 9.91. The molecule has 0 saturated heterocycles. The summed E-state index contributed by atoms with van der Waals surface area (Å²) < 4.78 is 67.2. The Bertz CT molecular complexity index is 2060. The minimum atomic E-state index is -5.08. The fourth-order valence-corrected chi connectivity index (χ4v) is 6.95. The fourth-order valence-electron chi connectivity index (χ4n) is 4.69. The molecule has 0 fully saturated rings. The first-order valence-electron chi connectivity index (χ1n) is 15.4. The second-order valence-electron chi connectivity index (χ2n) is 11.9. The molecule has 0 bridgehead atoms. The Balaban J connectivity index is 0.000000944. The van der Waals surface area contributed by atoms with Gasteiger partial charge < -0.3 is 26.2 Å². The lowest BCUT2D eigenvalue weighted by atomic mass is 10.1. The second-order valence-corrected chi connectivity index (χ2v) is 14.4. The van der Waals surface area contributed by atoms with Crippen molar-refractivity contribution in [2.24, 2.45) is 5.73 Å². The maximum atomic E-state index is 13.5. The van der Waals surface area contributed by atoms with Gasteiger partial charge in [-0.25, -0.2) is 18.2 Å². The summed E-state index contributed by atoms with van der Waals surface area (Å²) in [4.78, 5) is 26.2. The Morgan fingerprint density at radius 2 is 1.65 bits per heavy atom. The van der Waals surface area contributed by atoms with Crippen LogP contribution < -0.4 is 25.8 Å². The molecule has 0 saturated carbocycles. The molecular formula is C34H37Cl2F3N6O6S. The first kappa shape index (κ1) is 41.8. The number of hydrogen-bond acceptors (Lipinski definition) is 8. The number of carbonyl (C=O) groups is 2. The van der Waals surface area contributed by atoms with E-state index in [-0.39, 0.29) is 32.9 Å². The fraction of sp³-hybridized carbons (Fsp3) is 0.294. The summed E-state index contributed by atoms with van der Waals surface area (Å²) in [5.74, 6) is -2.75. The van der Waals surface area contributed by atoms with E-state index in [2.05, 4.69) is 20.3 Å². The molecule has 0 atom stereocenters. The molecule has 0 unspecified atom stereocenters. The van der Waals surface area contributed by atoms with E-state index in [1.807, 2.05) is 44.2 Å². The number of pyridine rings is 1. The number of nitrogen functional groups attached to an aromatic ring is 1. The number of benzene rings is 3. The Kier molecular flexibility index (Phi) is 13.9. The summed E-state index contributed by atoms with van der Waals surface area (Å²) in [5.41, 5.74) is 8.33. The number of halogens is 5. The van der Waals surface area contributed by atoms with E-state index < -0.39 is 33.6 Å². The molecule has 3 aromatic carbocycles. The quantitative estimate of drug-likeness (QED) is 0.0510. The first-order valence-corrected chi connectivity index (χ1v) is 17.7. The van der Waals surface area contributed by atoms with Gasteiger partial charge in [0.2, 0.25) is 15.9 Å². The number of rotatable bonds is 13. The number of anilines is 1. The molecule has 18 heteroatoms. The Morgan fingerprint density at radius 1 is 1.02 bits per heavy atom.